The lowest BCUT2D eigenvalue weighted by Crippen LogP contribution is -2.49. The summed E-state index contributed by atoms with van der Waals surface area (Å²) in [6.45, 7) is 3.86. The van der Waals surface area contributed by atoms with E-state index in [1.807, 2.05) is 13.8 Å². The first-order valence-corrected chi connectivity index (χ1v) is 9.27. The summed E-state index contributed by atoms with van der Waals surface area (Å²) >= 11 is 3.09. The Morgan fingerprint density at radius 1 is 1.15 bits per heavy atom. The SMILES string of the molecule is COc1ccc(C(=O)NC(C(=O)NCc2ccc(Br)c(F)c2)C(C)C)cc1. The number of benzene rings is 2. The van der Waals surface area contributed by atoms with Crippen molar-refractivity contribution in [1.82, 2.24) is 10.6 Å². The summed E-state index contributed by atoms with van der Waals surface area (Å²) in [7, 11) is 1.55. The lowest BCUT2D eigenvalue weighted by Gasteiger charge is -2.22. The fourth-order valence-electron chi connectivity index (χ4n) is 2.45. The van der Waals surface area contributed by atoms with Gasteiger partial charge in [-0.2, -0.15) is 0 Å². The molecular weight excluding hydrogens is 415 g/mol. The van der Waals surface area contributed by atoms with E-state index in [0.29, 0.717) is 21.3 Å². The van der Waals surface area contributed by atoms with E-state index in [9.17, 15) is 14.0 Å². The second kappa shape index (κ2) is 9.50. The Morgan fingerprint density at radius 2 is 1.81 bits per heavy atom. The molecular formula is C20H22BrFN2O3. The minimum atomic E-state index is -0.708. The van der Waals surface area contributed by atoms with Crippen LogP contribution in [0.3, 0.4) is 0 Å². The molecule has 0 bridgehead atoms. The van der Waals surface area contributed by atoms with Gasteiger partial charge in [0.15, 0.2) is 0 Å². The summed E-state index contributed by atoms with van der Waals surface area (Å²) in [4.78, 5) is 25.0. The molecule has 0 heterocycles. The summed E-state index contributed by atoms with van der Waals surface area (Å²) in [5.74, 6) is -0.536. The third-order valence-corrected chi connectivity index (χ3v) is 4.68. The van der Waals surface area contributed by atoms with E-state index in [4.69, 9.17) is 4.74 Å². The molecule has 0 aromatic heterocycles. The number of carbonyl (C=O) groups is 2. The van der Waals surface area contributed by atoms with Gasteiger partial charge in [0.25, 0.3) is 5.91 Å². The number of methoxy groups -OCH3 is 1. The molecule has 0 spiro atoms. The number of amides is 2. The second-order valence-electron chi connectivity index (χ2n) is 6.39. The minimum Gasteiger partial charge on any atom is -0.497 e. The summed E-state index contributed by atoms with van der Waals surface area (Å²) in [6, 6.07) is 10.6. The van der Waals surface area contributed by atoms with Crippen LogP contribution in [0.2, 0.25) is 0 Å². The van der Waals surface area contributed by atoms with Gasteiger partial charge in [-0.3, -0.25) is 9.59 Å². The Kier molecular flexibility index (Phi) is 7.36. The summed E-state index contributed by atoms with van der Waals surface area (Å²) < 4.78 is 19.0. The molecule has 2 amide bonds. The van der Waals surface area contributed by atoms with Crippen LogP contribution in [-0.4, -0.2) is 25.0 Å². The molecule has 27 heavy (non-hydrogen) atoms. The van der Waals surface area contributed by atoms with Crippen molar-refractivity contribution in [2.75, 3.05) is 7.11 Å². The smallest absolute Gasteiger partial charge is 0.251 e. The van der Waals surface area contributed by atoms with Gasteiger partial charge in [0.1, 0.15) is 17.6 Å². The van der Waals surface area contributed by atoms with Crippen molar-refractivity contribution in [3.63, 3.8) is 0 Å². The van der Waals surface area contributed by atoms with Crippen LogP contribution >= 0.6 is 15.9 Å². The molecule has 0 aliphatic heterocycles. The standard InChI is InChI=1S/C20H22BrFN2O3/c1-12(2)18(24-19(25)14-5-7-15(27-3)8-6-14)20(26)23-11-13-4-9-16(21)17(22)10-13/h4-10,12,18H,11H2,1-3H3,(H,23,26)(H,24,25). The first-order chi connectivity index (χ1) is 12.8. The van der Waals surface area contributed by atoms with Crippen molar-refractivity contribution in [2.24, 2.45) is 5.92 Å². The molecule has 144 valence electrons. The molecule has 0 aliphatic rings. The quantitative estimate of drug-likeness (QED) is 0.695. The number of nitrogens with one attached hydrogen (secondary N) is 2. The Labute approximate surface area is 166 Å². The highest BCUT2D eigenvalue weighted by Crippen LogP contribution is 2.16. The molecule has 5 nitrogen and oxygen atoms in total. The van der Waals surface area contributed by atoms with Gasteiger partial charge in [0.2, 0.25) is 5.91 Å². The number of ether oxygens (including phenoxy) is 1. The third-order valence-electron chi connectivity index (χ3n) is 4.04. The van der Waals surface area contributed by atoms with Crippen molar-refractivity contribution in [3.8, 4) is 5.75 Å². The lowest BCUT2D eigenvalue weighted by atomic mass is 10.0. The maximum absolute atomic E-state index is 13.6. The number of rotatable bonds is 7. The average molecular weight is 437 g/mol. The fraction of sp³-hybridized carbons (Fsp3) is 0.300. The summed E-state index contributed by atoms with van der Waals surface area (Å²) in [5, 5.41) is 5.50. The molecule has 0 fully saturated rings. The molecule has 2 N–H and O–H groups in total. The molecule has 0 saturated carbocycles. The van der Waals surface area contributed by atoms with Crippen LogP contribution < -0.4 is 15.4 Å². The first kappa shape index (κ1) is 20.9. The van der Waals surface area contributed by atoms with Gasteiger partial charge in [-0.15, -0.1) is 0 Å². The molecule has 2 rings (SSSR count). The number of carbonyl (C=O) groups excluding carboxylic acids is 2. The van der Waals surface area contributed by atoms with Crippen LogP contribution in [0.1, 0.15) is 29.8 Å². The monoisotopic (exact) mass is 436 g/mol. The number of hydrogen-bond donors (Lipinski definition) is 2. The molecule has 0 saturated heterocycles. The molecule has 1 unspecified atom stereocenters. The van der Waals surface area contributed by atoms with Crippen LogP contribution in [-0.2, 0) is 11.3 Å². The van der Waals surface area contributed by atoms with Crippen molar-refractivity contribution >= 4 is 27.7 Å². The maximum Gasteiger partial charge on any atom is 0.251 e. The highest BCUT2D eigenvalue weighted by Gasteiger charge is 2.24. The zero-order valence-electron chi connectivity index (χ0n) is 15.4. The largest absolute Gasteiger partial charge is 0.497 e. The van der Waals surface area contributed by atoms with Crippen LogP contribution in [0.5, 0.6) is 5.75 Å². The van der Waals surface area contributed by atoms with E-state index >= 15 is 0 Å². The lowest BCUT2D eigenvalue weighted by molar-refractivity contribution is -0.124. The summed E-state index contributed by atoms with van der Waals surface area (Å²) in [5.41, 5.74) is 1.07. The van der Waals surface area contributed by atoms with E-state index in [1.165, 1.54) is 6.07 Å². The Morgan fingerprint density at radius 3 is 2.37 bits per heavy atom. The van der Waals surface area contributed by atoms with E-state index in [0.717, 1.165) is 0 Å². The van der Waals surface area contributed by atoms with E-state index in [2.05, 4.69) is 26.6 Å². The van der Waals surface area contributed by atoms with Gasteiger partial charge < -0.3 is 15.4 Å². The maximum atomic E-state index is 13.6. The average Bonchev–Trinajstić information content (AvgIpc) is 2.66. The highest BCUT2D eigenvalue weighted by molar-refractivity contribution is 9.10. The van der Waals surface area contributed by atoms with Crippen LogP contribution in [0.15, 0.2) is 46.9 Å². The van der Waals surface area contributed by atoms with Gasteiger partial charge in [-0.25, -0.2) is 4.39 Å². The summed E-state index contributed by atoms with van der Waals surface area (Å²) in [6.07, 6.45) is 0. The van der Waals surface area contributed by atoms with E-state index in [1.54, 1.807) is 43.5 Å². The van der Waals surface area contributed by atoms with Gasteiger partial charge in [-0.1, -0.05) is 19.9 Å². The Hall–Kier alpha value is -2.41. The zero-order chi connectivity index (χ0) is 20.0. The zero-order valence-corrected chi connectivity index (χ0v) is 17.0. The van der Waals surface area contributed by atoms with Crippen molar-refractivity contribution in [3.05, 3.63) is 63.9 Å². The van der Waals surface area contributed by atoms with Gasteiger partial charge >= 0.3 is 0 Å². The molecule has 2 aromatic carbocycles. The van der Waals surface area contributed by atoms with Crippen molar-refractivity contribution in [1.29, 1.82) is 0 Å². The third kappa shape index (κ3) is 5.79. The fourth-order valence-corrected chi connectivity index (χ4v) is 2.70. The predicted octanol–water partition coefficient (Wildman–Crippen LogP) is 3.67. The Bertz CT molecular complexity index is 809. The van der Waals surface area contributed by atoms with E-state index in [-0.39, 0.29) is 24.3 Å². The molecule has 2 aromatic rings. The second-order valence-corrected chi connectivity index (χ2v) is 7.24. The Balaban J connectivity index is 2.01. The van der Waals surface area contributed by atoms with Crippen molar-refractivity contribution < 1.29 is 18.7 Å². The number of hydrogen-bond acceptors (Lipinski definition) is 3. The predicted molar refractivity (Wildman–Crippen MR) is 105 cm³/mol. The van der Waals surface area contributed by atoms with E-state index < -0.39 is 11.9 Å². The van der Waals surface area contributed by atoms with Gasteiger partial charge in [0.05, 0.1) is 11.6 Å². The normalized spacial score (nSPS) is 11.8. The number of halogens is 2. The molecule has 7 heteroatoms. The van der Waals surface area contributed by atoms with Crippen LogP contribution in [0.4, 0.5) is 4.39 Å². The minimum absolute atomic E-state index is 0.117. The van der Waals surface area contributed by atoms with Crippen molar-refractivity contribution in [2.45, 2.75) is 26.4 Å². The highest BCUT2D eigenvalue weighted by atomic mass is 79.9. The van der Waals surface area contributed by atoms with Crippen LogP contribution in [0.25, 0.3) is 0 Å². The topological polar surface area (TPSA) is 67.4 Å². The van der Waals surface area contributed by atoms with Crippen LogP contribution in [0, 0.1) is 11.7 Å². The molecule has 0 radical (unpaired) electrons. The molecule has 1 atom stereocenters. The molecule has 0 aliphatic carbocycles. The van der Waals surface area contributed by atoms with Gasteiger partial charge in [0, 0.05) is 12.1 Å². The van der Waals surface area contributed by atoms with Gasteiger partial charge in [-0.05, 0) is 63.8 Å². The first-order valence-electron chi connectivity index (χ1n) is 8.48.